The highest BCUT2D eigenvalue weighted by Crippen LogP contribution is 2.29. The number of aryl methyl sites for hydroxylation is 1. The van der Waals surface area contributed by atoms with Gasteiger partial charge in [0.15, 0.2) is 0 Å². The SMILES string of the molecule is Cc1cc(Oc2ncc(Br)cc2N)ccc1Cl. The van der Waals surface area contributed by atoms with Crippen molar-refractivity contribution in [3.63, 3.8) is 0 Å². The molecule has 0 amide bonds. The Morgan fingerprint density at radius 1 is 1.35 bits per heavy atom. The van der Waals surface area contributed by atoms with Gasteiger partial charge in [-0.15, -0.1) is 0 Å². The maximum Gasteiger partial charge on any atom is 0.242 e. The molecular formula is C12H10BrClN2O. The maximum absolute atomic E-state index is 5.93. The first-order valence-corrected chi connectivity index (χ1v) is 6.08. The van der Waals surface area contributed by atoms with E-state index < -0.39 is 0 Å². The van der Waals surface area contributed by atoms with Crippen LogP contribution >= 0.6 is 27.5 Å². The molecule has 2 aromatic rings. The lowest BCUT2D eigenvalue weighted by Crippen LogP contribution is -1.95. The third kappa shape index (κ3) is 2.90. The van der Waals surface area contributed by atoms with Gasteiger partial charge in [0.05, 0.1) is 5.69 Å². The number of nitrogens with zero attached hydrogens (tertiary/aromatic N) is 1. The van der Waals surface area contributed by atoms with E-state index in [1.165, 1.54) is 0 Å². The molecule has 0 atom stereocenters. The van der Waals surface area contributed by atoms with Gasteiger partial charge in [0.1, 0.15) is 5.75 Å². The van der Waals surface area contributed by atoms with E-state index in [0.717, 1.165) is 10.0 Å². The van der Waals surface area contributed by atoms with Crippen molar-refractivity contribution in [1.82, 2.24) is 4.98 Å². The van der Waals surface area contributed by atoms with Gasteiger partial charge in [0, 0.05) is 15.7 Å². The lowest BCUT2D eigenvalue weighted by Gasteiger charge is -2.08. The van der Waals surface area contributed by atoms with Crippen molar-refractivity contribution >= 4 is 33.2 Å². The van der Waals surface area contributed by atoms with Crippen LogP contribution in [-0.4, -0.2) is 4.98 Å². The highest BCUT2D eigenvalue weighted by atomic mass is 79.9. The second-order valence-corrected chi connectivity index (χ2v) is 4.88. The van der Waals surface area contributed by atoms with Crippen molar-refractivity contribution in [2.75, 3.05) is 5.73 Å². The fourth-order valence-electron chi connectivity index (χ4n) is 1.32. The predicted molar refractivity (Wildman–Crippen MR) is 72.6 cm³/mol. The number of rotatable bonds is 2. The number of anilines is 1. The first-order valence-electron chi connectivity index (χ1n) is 4.91. The lowest BCUT2D eigenvalue weighted by atomic mass is 10.2. The van der Waals surface area contributed by atoms with Crippen LogP contribution in [0.3, 0.4) is 0 Å². The van der Waals surface area contributed by atoms with Gasteiger partial charge < -0.3 is 10.5 Å². The predicted octanol–water partition coefficient (Wildman–Crippen LogP) is 4.18. The van der Waals surface area contributed by atoms with Gasteiger partial charge in [-0.25, -0.2) is 4.98 Å². The van der Waals surface area contributed by atoms with E-state index in [2.05, 4.69) is 20.9 Å². The van der Waals surface area contributed by atoms with Gasteiger partial charge in [-0.3, -0.25) is 0 Å². The van der Waals surface area contributed by atoms with Crippen LogP contribution in [0.2, 0.25) is 5.02 Å². The number of benzene rings is 1. The molecule has 88 valence electrons. The molecule has 1 heterocycles. The minimum Gasteiger partial charge on any atom is -0.437 e. The molecule has 1 aromatic heterocycles. The Morgan fingerprint density at radius 2 is 2.12 bits per heavy atom. The smallest absolute Gasteiger partial charge is 0.242 e. The first kappa shape index (κ1) is 12.2. The third-order valence-electron chi connectivity index (χ3n) is 2.19. The van der Waals surface area contributed by atoms with E-state index in [4.69, 9.17) is 22.1 Å². The molecule has 0 bridgehead atoms. The average molecular weight is 314 g/mol. The largest absolute Gasteiger partial charge is 0.437 e. The molecule has 2 N–H and O–H groups in total. The molecule has 0 saturated heterocycles. The van der Waals surface area contributed by atoms with Crippen LogP contribution in [0, 0.1) is 6.92 Å². The van der Waals surface area contributed by atoms with Crippen molar-refractivity contribution in [3.05, 3.63) is 45.5 Å². The fourth-order valence-corrected chi connectivity index (χ4v) is 1.79. The lowest BCUT2D eigenvalue weighted by molar-refractivity contribution is 0.465. The Bertz CT molecular complexity index is 560. The summed E-state index contributed by atoms with van der Waals surface area (Å²) in [5, 5.41) is 0.703. The van der Waals surface area contributed by atoms with Crippen LogP contribution in [0.1, 0.15) is 5.56 Å². The second kappa shape index (κ2) is 4.94. The first-order chi connectivity index (χ1) is 8.06. The van der Waals surface area contributed by atoms with Crippen molar-refractivity contribution < 1.29 is 4.74 Å². The van der Waals surface area contributed by atoms with Crippen molar-refractivity contribution in [2.45, 2.75) is 6.92 Å². The maximum atomic E-state index is 5.93. The fraction of sp³-hybridized carbons (Fsp3) is 0.0833. The van der Waals surface area contributed by atoms with Crippen LogP contribution < -0.4 is 10.5 Å². The molecule has 17 heavy (non-hydrogen) atoms. The number of aromatic nitrogens is 1. The zero-order chi connectivity index (χ0) is 12.4. The van der Waals surface area contributed by atoms with Gasteiger partial charge in [0.2, 0.25) is 5.88 Å². The normalized spacial score (nSPS) is 10.3. The number of pyridine rings is 1. The molecule has 0 saturated carbocycles. The van der Waals surface area contributed by atoms with Gasteiger partial charge >= 0.3 is 0 Å². The quantitative estimate of drug-likeness (QED) is 0.904. The van der Waals surface area contributed by atoms with E-state index in [9.17, 15) is 0 Å². The molecule has 0 radical (unpaired) electrons. The summed E-state index contributed by atoms with van der Waals surface area (Å²) >= 11 is 9.22. The monoisotopic (exact) mass is 312 g/mol. The standard InChI is InChI=1S/C12H10BrClN2O/c1-7-4-9(2-3-10(7)14)17-12-11(15)5-8(13)6-16-12/h2-6H,15H2,1H3. The molecule has 0 aliphatic heterocycles. The summed E-state index contributed by atoms with van der Waals surface area (Å²) in [5.74, 6) is 1.04. The summed E-state index contributed by atoms with van der Waals surface area (Å²) < 4.78 is 6.40. The molecule has 0 unspecified atom stereocenters. The van der Waals surface area contributed by atoms with E-state index in [1.54, 1.807) is 24.4 Å². The van der Waals surface area contributed by atoms with Crippen LogP contribution in [0.5, 0.6) is 11.6 Å². The molecule has 3 nitrogen and oxygen atoms in total. The van der Waals surface area contributed by atoms with E-state index in [-0.39, 0.29) is 0 Å². The van der Waals surface area contributed by atoms with Gasteiger partial charge in [0.25, 0.3) is 0 Å². The Balaban J connectivity index is 2.28. The number of halogens is 2. The summed E-state index contributed by atoms with van der Waals surface area (Å²) in [6, 6.07) is 7.14. The summed E-state index contributed by atoms with van der Waals surface area (Å²) in [6.07, 6.45) is 1.63. The van der Waals surface area contributed by atoms with Crippen LogP contribution in [0.25, 0.3) is 0 Å². The number of ether oxygens (including phenoxy) is 1. The van der Waals surface area contributed by atoms with E-state index >= 15 is 0 Å². The molecule has 0 fully saturated rings. The molecule has 5 heteroatoms. The van der Waals surface area contributed by atoms with Gasteiger partial charge in [-0.05, 0) is 52.7 Å². The Hall–Kier alpha value is -1.26. The molecule has 0 aliphatic carbocycles. The molecular weight excluding hydrogens is 304 g/mol. The minimum atomic E-state index is 0.384. The summed E-state index contributed by atoms with van der Waals surface area (Å²) in [5.41, 5.74) is 7.22. The van der Waals surface area contributed by atoms with Crippen molar-refractivity contribution in [2.24, 2.45) is 0 Å². The summed E-state index contributed by atoms with van der Waals surface area (Å²) in [6.45, 7) is 1.91. The number of nitrogens with two attached hydrogens (primary N) is 1. The number of hydrogen-bond donors (Lipinski definition) is 1. The molecule has 1 aromatic carbocycles. The van der Waals surface area contributed by atoms with Crippen molar-refractivity contribution in [3.8, 4) is 11.6 Å². The topological polar surface area (TPSA) is 48.1 Å². The second-order valence-electron chi connectivity index (χ2n) is 3.56. The zero-order valence-electron chi connectivity index (χ0n) is 9.08. The number of hydrogen-bond acceptors (Lipinski definition) is 3. The highest BCUT2D eigenvalue weighted by molar-refractivity contribution is 9.10. The van der Waals surface area contributed by atoms with E-state index in [1.807, 2.05) is 13.0 Å². The van der Waals surface area contributed by atoms with Crippen LogP contribution in [0.4, 0.5) is 5.69 Å². The molecule has 2 rings (SSSR count). The van der Waals surface area contributed by atoms with Crippen LogP contribution in [0.15, 0.2) is 34.9 Å². The number of nitrogen functional groups attached to an aromatic ring is 1. The minimum absolute atomic E-state index is 0.384. The van der Waals surface area contributed by atoms with Gasteiger partial charge in [-0.2, -0.15) is 0 Å². The van der Waals surface area contributed by atoms with Crippen LogP contribution in [-0.2, 0) is 0 Å². The highest BCUT2D eigenvalue weighted by Gasteiger charge is 2.05. The summed E-state index contributed by atoms with van der Waals surface area (Å²) in [4.78, 5) is 4.10. The Kier molecular flexibility index (Phi) is 3.54. The molecule has 0 spiro atoms. The average Bonchev–Trinajstić information content (AvgIpc) is 2.27. The Labute approximate surface area is 113 Å². The zero-order valence-corrected chi connectivity index (χ0v) is 11.4. The third-order valence-corrected chi connectivity index (χ3v) is 3.05. The van der Waals surface area contributed by atoms with E-state index in [0.29, 0.717) is 22.3 Å². The Morgan fingerprint density at radius 3 is 2.76 bits per heavy atom. The summed E-state index contributed by atoms with van der Waals surface area (Å²) in [7, 11) is 0. The van der Waals surface area contributed by atoms with Crippen molar-refractivity contribution in [1.29, 1.82) is 0 Å². The molecule has 0 aliphatic rings. The van der Waals surface area contributed by atoms with Gasteiger partial charge in [-0.1, -0.05) is 11.6 Å².